The Morgan fingerprint density at radius 2 is 2.11 bits per heavy atom. The van der Waals surface area contributed by atoms with Gasteiger partial charge in [-0.05, 0) is 41.5 Å². The molecule has 0 aliphatic heterocycles. The maximum absolute atomic E-state index is 6.10. The zero-order valence-corrected chi connectivity index (χ0v) is 12.9. The number of nitrogens with zero attached hydrogens (tertiary/aromatic N) is 1. The standard InChI is InChI=1S/C15H22N2OS/c1-15(2,3)10-5-6-13-12(9-10)17-14(18-13)11(16)7-8-19-4/h5-6,9,11H,7-8,16H2,1-4H3. The zero-order valence-electron chi connectivity index (χ0n) is 12.1. The molecule has 1 atom stereocenters. The number of hydrogen-bond acceptors (Lipinski definition) is 4. The van der Waals surface area contributed by atoms with Crippen molar-refractivity contribution in [3.05, 3.63) is 29.7 Å². The monoisotopic (exact) mass is 278 g/mol. The molecule has 4 heteroatoms. The number of thioether (sulfide) groups is 1. The Balaban J connectivity index is 2.30. The van der Waals surface area contributed by atoms with Gasteiger partial charge in [-0.2, -0.15) is 11.8 Å². The van der Waals surface area contributed by atoms with Crippen molar-refractivity contribution >= 4 is 22.9 Å². The fraction of sp³-hybridized carbons (Fsp3) is 0.533. The molecule has 1 aromatic carbocycles. The Hall–Kier alpha value is -1.00. The van der Waals surface area contributed by atoms with E-state index in [9.17, 15) is 0 Å². The van der Waals surface area contributed by atoms with Crippen LogP contribution in [0.4, 0.5) is 0 Å². The van der Waals surface area contributed by atoms with Crippen molar-refractivity contribution in [2.24, 2.45) is 5.73 Å². The molecule has 104 valence electrons. The van der Waals surface area contributed by atoms with E-state index in [1.807, 2.05) is 6.07 Å². The fourth-order valence-corrected chi connectivity index (χ4v) is 2.43. The summed E-state index contributed by atoms with van der Waals surface area (Å²) in [5, 5.41) is 0. The van der Waals surface area contributed by atoms with Crippen LogP contribution in [0.5, 0.6) is 0 Å². The zero-order chi connectivity index (χ0) is 14.0. The molecule has 0 fully saturated rings. The van der Waals surface area contributed by atoms with E-state index in [1.54, 1.807) is 11.8 Å². The molecule has 0 bridgehead atoms. The Morgan fingerprint density at radius 3 is 2.74 bits per heavy atom. The van der Waals surface area contributed by atoms with Crippen LogP contribution in [0.3, 0.4) is 0 Å². The third-order valence-electron chi connectivity index (χ3n) is 3.22. The molecule has 1 heterocycles. The van der Waals surface area contributed by atoms with Gasteiger partial charge in [-0.1, -0.05) is 26.8 Å². The number of aromatic nitrogens is 1. The maximum atomic E-state index is 6.10. The van der Waals surface area contributed by atoms with Crippen molar-refractivity contribution in [1.29, 1.82) is 0 Å². The predicted octanol–water partition coefficient (Wildman–Crippen LogP) is 3.88. The fourth-order valence-electron chi connectivity index (χ4n) is 1.94. The molecule has 0 saturated heterocycles. The van der Waals surface area contributed by atoms with Crippen LogP contribution in [0, 0.1) is 0 Å². The molecule has 2 aromatic rings. The predicted molar refractivity (Wildman–Crippen MR) is 82.6 cm³/mol. The molecule has 1 aromatic heterocycles. The molecule has 2 N–H and O–H groups in total. The second-order valence-corrected chi connectivity index (χ2v) is 6.86. The van der Waals surface area contributed by atoms with Gasteiger partial charge in [-0.3, -0.25) is 0 Å². The van der Waals surface area contributed by atoms with Crippen LogP contribution in [0.2, 0.25) is 0 Å². The quantitative estimate of drug-likeness (QED) is 0.922. The largest absolute Gasteiger partial charge is 0.439 e. The van der Waals surface area contributed by atoms with Gasteiger partial charge in [0.2, 0.25) is 5.89 Å². The first-order chi connectivity index (χ1) is 8.91. The Morgan fingerprint density at radius 1 is 1.37 bits per heavy atom. The van der Waals surface area contributed by atoms with Crippen LogP contribution in [-0.4, -0.2) is 17.0 Å². The minimum Gasteiger partial charge on any atom is -0.439 e. The van der Waals surface area contributed by atoms with Gasteiger partial charge in [0, 0.05) is 0 Å². The minimum absolute atomic E-state index is 0.113. The first-order valence-corrected chi connectivity index (χ1v) is 7.96. The summed E-state index contributed by atoms with van der Waals surface area (Å²) in [4.78, 5) is 4.54. The van der Waals surface area contributed by atoms with E-state index in [-0.39, 0.29) is 11.5 Å². The van der Waals surface area contributed by atoms with Crippen molar-refractivity contribution < 1.29 is 4.42 Å². The summed E-state index contributed by atoms with van der Waals surface area (Å²) in [6.45, 7) is 6.58. The molecule has 2 rings (SSSR count). The van der Waals surface area contributed by atoms with Crippen LogP contribution >= 0.6 is 11.8 Å². The average Bonchev–Trinajstić information content (AvgIpc) is 2.77. The van der Waals surface area contributed by atoms with Gasteiger partial charge in [-0.15, -0.1) is 0 Å². The number of rotatable bonds is 4. The van der Waals surface area contributed by atoms with E-state index >= 15 is 0 Å². The number of benzene rings is 1. The Bertz CT molecular complexity index is 557. The van der Waals surface area contributed by atoms with Crippen molar-refractivity contribution in [1.82, 2.24) is 4.98 Å². The van der Waals surface area contributed by atoms with Crippen LogP contribution in [0.25, 0.3) is 11.1 Å². The molecule has 0 radical (unpaired) electrons. The van der Waals surface area contributed by atoms with Gasteiger partial charge in [0.1, 0.15) is 5.52 Å². The molecule has 0 aliphatic rings. The highest BCUT2D eigenvalue weighted by Gasteiger charge is 2.17. The summed E-state index contributed by atoms with van der Waals surface area (Å²) in [6, 6.07) is 6.08. The number of oxazole rings is 1. The lowest BCUT2D eigenvalue weighted by atomic mass is 9.87. The number of hydrogen-bond donors (Lipinski definition) is 1. The second kappa shape index (κ2) is 5.55. The summed E-state index contributed by atoms with van der Waals surface area (Å²) in [7, 11) is 0. The highest BCUT2D eigenvalue weighted by atomic mass is 32.2. The summed E-state index contributed by atoms with van der Waals surface area (Å²) in [5.41, 5.74) is 9.21. The summed E-state index contributed by atoms with van der Waals surface area (Å²) in [5.74, 6) is 1.67. The topological polar surface area (TPSA) is 52.0 Å². The summed E-state index contributed by atoms with van der Waals surface area (Å²) in [6.07, 6.45) is 2.97. The van der Waals surface area contributed by atoms with Gasteiger partial charge >= 0.3 is 0 Å². The van der Waals surface area contributed by atoms with Crippen molar-refractivity contribution in [2.75, 3.05) is 12.0 Å². The lowest BCUT2D eigenvalue weighted by Gasteiger charge is -2.18. The van der Waals surface area contributed by atoms with E-state index in [4.69, 9.17) is 10.2 Å². The van der Waals surface area contributed by atoms with E-state index in [1.165, 1.54) is 5.56 Å². The highest BCUT2D eigenvalue weighted by molar-refractivity contribution is 7.98. The van der Waals surface area contributed by atoms with Crippen LogP contribution in [0.15, 0.2) is 22.6 Å². The van der Waals surface area contributed by atoms with Gasteiger partial charge < -0.3 is 10.2 Å². The van der Waals surface area contributed by atoms with E-state index in [0.29, 0.717) is 5.89 Å². The first kappa shape index (κ1) is 14.4. The third kappa shape index (κ3) is 3.31. The molecule has 1 unspecified atom stereocenters. The molecule has 0 saturated carbocycles. The summed E-state index contributed by atoms with van der Waals surface area (Å²) >= 11 is 1.79. The van der Waals surface area contributed by atoms with Crippen LogP contribution < -0.4 is 5.73 Å². The second-order valence-electron chi connectivity index (χ2n) is 5.87. The van der Waals surface area contributed by atoms with E-state index < -0.39 is 0 Å². The lowest BCUT2D eigenvalue weighted by molar-refractivity contribution is 0.470. The van der Waals surface area contributed by atoms with Gasteiger partial charge in [0.05, 0.1) is 6.04 Å². The first-order valence-electron chi connectivity index (χ1n) is 6.57. The van der Waals surface area contributed by atoms with Crippen LogP contribution in [0.1, 0.15) is 44.7 Å². The van der Waals surface area contributed by atoms with Crippen LogP contribution in [-0.2, 0) is 5.41 Å². The molecular formula is C15H22N2OS. The van der Waals surface area contributed by atoms with Crippen molar-refractivity contribution in [2.45, 2.75) is 38.6 Å². The molecule has 0 aliphatic carbocycles. The molecular weight excluding hydrogens is 256 g/mol. The Labute approximate surface area is 119 Å². The highest BCUT2D eigenvalue weighted by Crippen LogP contribution is 2.27. The van der Waals surface area contributed by atoms with E-state index in [0.717, 1.165) is 23.3 Å². The third-order valence-corrected chi connectivity index (χ3v) is 3.86. The molecule has 3 nitrogen and oxygen atoms in total. The number of fused-ring (bicyclic) bond motifs is 1. The normalized spacial score (nSPS) is 13.9. The smallest absolute Gasteiger partial charge is 0.212 e. The van der Waals surface area contributed by atoms with Crippen molar-refractivity contribution in [3.8, 4) is 0 Å². The van der Waals surface area contributed by atoms with Gasteiger partial charge in [0.25, 0.3) is 0 Å². The molecule has 19 heavy (non-hydrogen) atoms. The van der Waals surface area contributed by atoms with Crippen molar-refractivity contribution in [3.63, 3.8) is 0 Å². The SMILES string of the molecule is CSCCC(N)c1nc2cc(C(C)(C)C)ccc2o1. The van der Waals surface area contributed by atoms with E-state index in [2.05, 4.69) is 44.1 Å². The minimum atomic E-state index is -0.113. The average molecular weight is 278 g/mol. The Kier molecular flexibility index (Phi) is 4.21. The lowest BCUT2D eigenvalue weighted by Crippen LogP contribution is -2.11. The molecule has 0 spiro atoms. The number of nitrogens with two attached hydrogens (primary N) is 1. The maximum Gasteiger partial charge on any atom is 0.212 e. The molecule has 0 amide bonds. The van der Waals surface area contributed by atoms with Gasteiger partial charge in [0.15, 0.2) is 5.58 Å². The van der Waals surface area contributed by atoms with Gasteiger partial charge in [-0.25, -0.2) is 4.98 Å². The summed E-state index contributed by atoms with van der Waals surface area (Å²) < 4.78 is 5.75.